The summed E-state index contributed by atoms with van der Waals surface area (Å²) in [6.45, 7) is 5.24. The van der Waals surface area contributed by atoms with Gasteiger partial charge in [0.1, 0.15) is 0 Å². The van der Waals surface area contributed by atoms with Crippen LogP contribution in [0.3, 0.4) is 0 Å². The maximum absolute atomic E-state index is 5.79. The summed E-state index contributed by atoms with van der Waals surface area (Å²) in [5.74, 6) is 0. The van der Waals surface area contributed by atoms with E-state index in [1.165, 1.54) is 6.42 Å². The standard InChI is InChI=1S/C8H16N2O/c1-10-4-5-11-8(7-10)2-3-9-6-8/h9H,2-7H2,1H3. The molecule has 1 unspecified atom stereocenters. The fourth-order valence-corrected chi connectivity index (χ4v) is 2.01. The molecule has 1 atom stereocenters. The fraction of sp³-hybridized carbons (Fsp3) is 1.00. The van der Waals surface area contributed by atoms with E-state index in [0.717, 1.165) is 32.8 Å². The smallest absolute Gasteiger partial charge is 0.0944 e. The Morgan fingerprint density at radius 1 is 1.55 bits per heavy atom. The van der Waals surface area contributed by atoms with Crippen LogP contribution in [0.4, 0.5) is 0 Å². The largest absolute Gasteiger partial charge is 0.371 e. The summed E-state index contributed by atoms with van der Waals surface area (Å²) in [6, 6.07) is 0. The Kier molecular flexibility index (Phi) is 1.87. The molecule has 2 aliphatic rings. The van der Waals surface area contributed by atoms with Crippen LogP contribution in [0.5, 0.6) is 0 Å². The molecule has 2 rings (SSSR count). The number of hydrogen-bond donors (Lipinski definition) is 1. The van der Waals surface area contributed by atoms with E-state index in [1.807, 2.05) is 0 Å². The van der Waals surface area contributed by atoms with Gasteiger partial charge in [0.25, 0.3) is 0 Å². The Labute approximate surface area is 67.7 Å². The lowest BCUT2D eigenvalue weighted by Gasteiger charge is -2.38. The predicted octanol–water partition coefficient (Wildman–Crippen LogP) is -0.319. The summed E-state index contributed by atoms with van der Waals surface area (Å²) in [5.41, 5.74) is 0.160. The van der Waals surface area contributed by atoms with Gasteiger partial charge in [-0.25, -0.2) is 0 Å². The first kappa shape index (κ1) is 7.53. The second-order valence-electron chi connectivity index (χ2n) is 3.70. The first-order valence-electron chi connectivity index (χ1n) is 4.34. The van der Waals surface area contributed by atoms with Crippen LogP contribution in [0.25, 0.3) is 0 Å². The summed E-state index contributed by atoms with van der Waals surface area (Å²) in [5, 5.41) is 3.35. The lowest BCUT2D eigenvalue weighted by Crippen LogP contribution is -2.51. The highest BCUT2D eigenvalue weighted by Gasteiger charge is 2.37. The molecule has 1 N–H and O–H groups in total. The molecule has 2 aliphatic heterocycles. The van der Waals surface area contributed by atoms with Gasteiger partial charge in [0.05, 0.1) is 12.2 Å². The third kappa shape index (κ3) is 1.41. The molecule has 0 aromatic heterocycles. The lowest BCUT2D eigenvalue weighted by molar-refractivity contribution is -0.0896. The summed E-state index contributed by atoms with van der Waals surface area (Å²) >= 11 is 0. The number of hydrogen-bond acceptors (Lipinski definition) is 3. The number of nitrogens with one attached hydrogen (secondary N) is 1. The fourth-order valence-electron chi connectivity index (χ4n) is 2.01. The van der Waals surface area contributed by atoms with Gasteiger partial charge in [-0.05, 0) is 20.0 Å². The minimum Gasteiger partial charge on any atom is -0.371 e. The van der Waals surface area contributed by atoms with E-state index >= 15 is 0 Å². The van der Waals surface area contributed by atoms with Gasteiger partial charge in [-0.15, -0.1) is 0 Å². The van der Waals surface area contributed by atoms with Gasteiger partial charge in [-0.2, -0.15) is 0 Å². The molecule has 2 fully saturated rings. The van der Waals surface area contributed by atoms with Crippen molar-refractivity contribution in [2.75, 3.05) is 39.8 Å². The molecule has 64 valence electrons. The highest BCUT2D eigenvalue weighted by atomic mass is 16.5. The van der Waals surface area contributed by atoms with Gasteiger partial charge < -0.3 is 15.0 Å². The summed E-state index contributed by atoms with van der Waals surface area (Å²) < 4.78 is 5.79. The molecule has 11 heavy (non-hydrogen) atoms. The molecule has 0 bridgehead atoms. The Balaban J connectivity index is 2.00. The van der Waals surface area contributed by atoms with Gasteiger partial charge in [-0.1, -0.05) is 0 Å². The maximum atomic E-state index is 5.79. The molecule has 1 spiro atoms. The Morgan fingerprint density at radius 3 is 3.09 bits per heavy atom. The zero-order valence-electron chi connectivity index (χ0n) is 7.10. The molecule has 0 aliphatic carbocycles. The minimum absolute atomic E-state index is 0.160. The quantitative estimate of drug-likeness (QED) is 0.520. The van der Waals surface area contributed by atoms with Gasteiger partial charge in [-0.3, -0.25) is 0 Å². The number of ether oxygens (including phenoxy) is 1. The van der Waals surface area contributed by atoms with Crippen molar-refractivity contribution in [2.24, 2.45) is 0 Å². The normalized spacial score (nSPS) is 40.1. The van der Waals surface area contributed by atoms with Crippen molar-refractivity contribution >= 4 is 0 Å². The first-order chi connectivity index (χ1) is 5.31. The van der Waals surface area contributed by atoms with Crippen LogP contribution in [-0.2, 0) is 4.74 Å². The average molecular weight is 156 g/mol. The third-order valence-corrected chi connectivity index (χ3v) is 2.64. The van der Waals surface area contributed by atoms with Crippen molar-refractivity contribution in [3.8, 4) is 0 Å². The lowest BCUT2D eigenvalue weighted by atomic mass is 10.0. The van der Waals surface area contributed by atoms with Crippen LogP contribution >= 0.6 is 0 Å². The number of nitrogens with zero attached hydrogens (tertiary/aromatic N) is 1. The molecule has 2 saturated heterocycles. The van der Waals surface area contributed by atoms with Crippen LogP contribution in [-0.4, -0.2) is 50.3 Å². The van der Waals surface area contributed by atoms with Crippen LogP contribution in [0.1, 0.15) is 6.42 Å². The third-order valence-electron chi connectivity index (χ3n) is 2.64. The SMILES string of the molecule is CN1CCOC2(CCNC2)C1. The van der Waals surface area contributed by atoms with Gasteiger partial charge in [0.2, 0.25) is 0 Å². The molecule has 3 heteroatoms. The van der Waals surface area contributed by atoms with Crippen LogP contribution in [0.2, 0.25) is 0 Å². The van der Waals surface area contributed by atoms with Gasteiger partial charge in [0, 0.05) is 19.6 Å². The van der Waals surface area contributed by atoms with E-state index < -0.39 is 0 Å². The van der Waals surface area contributed by atoms with E-state index in [9.17, 15) is 0 Å². The molecule has 3 nitrogen and oxygen atoms in total. The molecule has 0 saturated carbocycles. The molecule has 0 radical (unpaired) electrons. The van der Waals surface area contributed by atoms with E-state index in [2.05, 4.69) is 17.3 Å². The highest BCUT2D eigenvalue weighted by molar-refractivity contribution is 4.94. The Bertz CT molecular complexity index is 143. The highest BCUT2D eigenvalue weighted by Crippen LogP contribution is 2.23. The van der Waals surface area contributed by atoms with E-state index in [0.29, 0.717) is 0 Å². The first-order valence-corrected chi connectivity index (χ1v) is 4.34. The van der Waals surface area contributed by atoms with E-state index in [1.54, 1.807) is 0 Å². The molecular weight excluding hydrogens is 140 g/mol. The number of likely N-dealkylation sites (N-methyl/N-ethyl adjacent to an activating group) is 1. The summed E-state index contributed by atoms with van der Waals surface area (Å²) in [4.78, 5) is 2.36. The van der Waals surface area contributed by atoms with Crippen LogP contribution in [0, 0.1) is 0 Å². The molecule has 0 aromatic carbocycles. The monoisotopic (exact) mass is 156 g/mol. The van der Waals surface area contributed by atoms with E-state index in [4.69, 9.17) is 4.74 Å². The molecular formula is C8H16N2O. The second kappa shape index (κ2) is 2.73. The Morgan fingerprint density at radius 2 is 2.45 bits per heavy atom. The molecule has 0 amide bonds. The topological polar surface area (TPSA) is 24.5 Å². The maximum Gasteiger partial charge on any atom is 0.0944 e. The zero-order chi connectivity index (χ0) is 7.73. The van der Waals surface area contributed by atoms with E-state index in [-0.39, 0.29) is 5.60 Å². The van der Waals surface area contributed by atoms with Crippen molar-refractivity contribution in [3.05, 3.63) is 0 Å². The second-order valence-corrected chi connectivity index (χ2v) is 3.70. The minimum atomic E-state index is 0.160. The van der Waals surface area contributed by atoms with Crippen LogP contribution in [0.15, 0.2) is 0 Å². The van der Waals surface area contributed by atoms with Crippen LogP contribution < -0.4 is 5.32 Å². The molecule has 0 aromatic rings. The van der Waals surface area contributed by atoms with Crippen molar-refractivity contribution in [2.45, 2.75) is 12.0 Å². The summed E-state index contributed by atoms with van der Waals surface area (Å²) in [7, 11) is 2.17. The number of morpholine rings is 1. The zero-order valence-corrected chi connectivity index (χ0v) is 7.10. The predicted molar refractivity (Wildman–Crippen MR) is 43.7 cm³/mol. The Hall–Kier alpha value is -0.120. The van der Waals surface area contributed by atoms with Crippen molar-refractivity contribution in [3.63, 3.8) is 0 Å². The molecule has 2 heterocycles. The van der Waals surface area contributed by atoms with Crippen molar-refractivity contribution < 1.29 is 4.74 Å². The van der Waals surface area contributed by atoms with Gasteiger partial charge >= 0.3 is 0 Å². The average Bonchev–Trinajstić information content (AvgIpc) is 2.37. The van der Waals surface area contributed by atoms with Crippen molar-refractivity contribution in [1.29, 1.82) is 0 Å². The van der Waals surface area contributed by atoms with Gasteiger partial charge in [0.15, 0.2) is 0 Å². The van der Waals surface area contributed by atoms with Crippen molar-refractivity contribution in [1.82, 2.24) is 10.2 Å². The number of rotatable bonds is 0. The summed E-state index contributed by atoms with van der Waals surface area (Å²) in [6.07, 6.45) is 1.18.